The molecule has 1 N–H and O–H groups in total. The second-order valence-electron chi connectivity index (χ2n) is 6.62. The van der Waals surface area contributed by atoms with Crippen LogP contribution in [0.4, 0.5) is 0 Å². The number of carbonyl (C=O) groups is 1. The van der Waals surface area contributed by atoms with Crippen LogP contribution in [0.15, 0.2) is 36.4 Å². The van der Waals surface area contributed by atoms with Crippen molar-refractivity contribution in [1.29, 1.82) is 0 Å². The van der Waals surface area contributed by atoms with Gasteiger partial charge in [0.2, 0.25) is 11.7 Å². The smallest absolute Gasteiger partial charge is 0.224 e. The average Bonchev–Trinajstić information content (AvgIpc) is 2.70. The minimum absolute atomic E-state index is 0.0890. The number of benzene rings is 2. The summed E-state index contributed by atoms with van der Waals surface area (Å²) in [6.07, 6.45) is 0.365. The van der Waals surface area contributed by atoms with Gasteiger partial charge in [-0.1, -0.05) is 24.3 Å². The Morgan fingerprint density at radius 2 is 1.57 bits per heavy atom. The van der Waals surface area contributed by atoms with Gasteiger partial charge in [-0.2, -0.15) is 0 Å². The Labute approximate surface area is 166 Å². The van der Waals surface area contributed by atoms with E-state index in [0.717, 1.165) is 16.7 Å². The van der Waals surface area contributed by atoms with Crippen LogP contribution in [0.2, 0.25) is 0 Å². The van der Waals surface area contributed by atoms with E-state index in [1.165, 1.54) is 0 Å². The number of amides is 1. The van der Waals surface area contributed by atoms with E-state index in [2.05, 4.69) is 5.32 Å². The van der Waals surface area contributed by atoms with Crippen LogP contribution >= 0.6 is 0 Å². The summed E-state index contributed by atoms with van der Waals surface area (Å²) in [5, 5.41) is 2.97. The zero-order valence-corrected chi connectivity index (χ0v) is 17.2. The second-order valence-corrected chi connectivity index (χ2v) is 6.62. The summed E-state index contributed by atoms with van der Waals surface area (Å²) in [7, 11) is 4.65. The Morgan fingerprint density at radius 1 is 0.964 bits per heavy atom. The van der Waals surface area contributed by atoms with Crippen molar-refractivity contribution in [2.24, 2.45) is 0 Å². The standard InChI is InChI=1S/C22H29NO5/c1-15(2)28-14-18-9-7-6-8-17(18)13-23-21(24)12-16-10-19(25-3)22(27-5)20(11-16)26-4/h6-11,15H,12-14H2,1-5H3,(H,23,24). The number of hydrogen-bond donors (Lipinski definition) is 1. The fraction of sp³-hybridized carbons (Fsp3) is 0.409. The van der Waals surface area contributed by atoms with Crippen molar-refractivity contribution in [1.82, 2.24) is 5.32 Å². The van der Waals surface area contributed by atoms with Crippen molar-refractivity contribution in [2.45, 2.75) is 39.5 Å². The molecule has 0 bridgehead atoms. The number of nitrogens with one attached hydrogen (secondary N) is 1. The van der Waals surface area contributed by atoms with Crippen LogP contribution in [0.3, 0.4) is 0 Å². The first kappa shape index (κ1) is 21.6. The van der Waals surface area contributed by atoms with Crippen LogP contribution in [-0.4, -0.2) is 33.3 Å². The van der Waals surface area contributed by atoms with Gasteiger partial charge in [-0.05, 0) is 42.7 Å². The maximum Gasteiger partial charge on any atom is 0.224 e. The first-order valence-electron chi connectivity index (χ1n) is 9.22. The lowest BCUT2D eigenvalue weighted by Gasteiger charge is -2.15. The SMILES string of the molecule is COc1cc(CC(=O)NCc2ccccc2COC(C)C)cc(OC)c1OC. The van der Waals surface area contributed by atoms with Crippen LogP contribution in [0.1, 0.15) is 30.5 Å². The average molecular weight is 387 g/mol. The van der Waals surface area contributed by atoms with Crippen LogP contribution in [-0.2, 0) is 29.1 Å². The molecule has 152 valence electrons. The molecule has 6 nitrogen and oxygen atoms in total. The Balaban J connectivity index is 2.04. The highest BCUT2D eigenvalue weighted by molar-refractivity contribution is 5.79. The fourth-order valence-corrected chi connectivity index (χ4v) is 2.81. The van der Waals surface area contributed by atoms with E-state index in [0.29, 0.717) is 30.4 Å². The quantitative estimate of drug-likeness (QED) is 0.676. The topological polar surface area (TPSA) is 66.0 Å². The molecule has 2 aromatic carbocycles. The summed E-state index contributed by atoms with van der Waals surface area (Å²) in [4.78, 5) is 12.5. The summed E-state index contributed by atoms with van der Waals surface area (Å²) < 4.78 is 21.7. The fourth-order valence-electron chi connectivity index (χ4n) is 2.81. The minimum atomic E-state index is -0.0890. The van der Waals surface area contributed by atoms with E-state index in [4.69, 9.17) is 18.9 Å². The molecule has 2 rings (SSSR count). The molecule has 0 heterocycles. The van der Waals surface area contributed by atoms with Gasteiger partial charge >= 0.3 is 0 Å². The number of carbonyl (C=O) groups excluding carboxylic acids is 1. The Hall–Kier alpha value is -2.73. The Bertz CT molecular complexity index is 763. The van der Waals surface area contributed by atoms with Gasteiger partial charge in [-0.15, -0.1) is 0 Å². The van der Waals surface area contributed by atoms with Crippen LogP contribution in [0.5, 0.6) is 17.2 Å². The largest absolute Gasteiger partial charge is 0.493 e. The van der Waals surface area contributed by atoms with E-state index in [1.807, 2.05) is 38.1 Å². The highest BCUT2D eigenvalue weighted by atomic mass is 16.5. The van der Waals surface area contributed by atoms with Crippen molar-refractivity contribution in [3.63, 3.8) is 0 Å². The van der Waals surface area contributed by atoms with E-state index in [1.54, 1.807) is 33.5 Å². The van der Waals surface area contributed by atoms with Crippen molar-refractivity contribution >= 4 is 5.91 Å². The van der Waals surface area contributed by atoms with E-state index >= 15 is 0 Å². The van der Waals surface area contributed by atoms with Gasteiger partial charge < -0.3 is 24.3 Å². The number of methoxy groups -OCH3 is 3. The summed E-state index contributed by atoms with van der Waals surface area (Å²) in [5.74, 6) is 1.48. The van der Waals surface area contributed by atoms with Crippen LogP contribution in [0.25, 0.3) is 0 Å². The molecule has 0 aliphatic heterocycles. The molecular formula is C22H29NO5. The van der Waals surface area contributed by atoms with Crippen molar-refractivity contribution in [2.75, 3.05) is 21.3 Å². The molecule has 0 atom stereocenters. The van der Waals surface area contributed by atoms with Crippen LogP contribution in [0, 0.1) is 0 Å². The maximum absolute atomic E-state index is 12.5. The minimum Gasteiger partial charge on any atom is -0.493 e. The summed E-state index contributed by atoms with van der Waals surface area (Å²) in [5.41, 5.74) is 2.90. The monoisotopic (exact) mass is 387 g/mol. The third-order valence-electron chi connectivity index (χ3n) is 4.26. The molecule has 0 aromatic heterocycles. The second kappa shape index (κ2) is 10.6. The normalized spacial score (nSPS) is 10.6. The molecule has 0 radical (unpaired) electrons. The molecule has 28 heavy (non-hydrogen) atoms. The number of rotatable bonds is 10. The maximum atomic E-state index is 12.5. The molecule has 6 heteroatoms. The molecule has 0 unspecified atom stereocenters. The summed E-state index contributed by atoms with van der Waals surface area (Å²) in [6.45, 7) is 4.97. The van der Waals surface area contributed by atoms with Gasteiger partial charge in [-0.3, -0.25) is 4.79 Å². The summed E-state index contributed by atoms with van der Waals surface area (Å²) >= 11 is 0. The number of ether oxygens (including phenoxy) is 4. The molecule has 0 spiro atoms. The van der Waals surface area contributed by atoms with E-state index < -0.39 is 0 Å². The predicted octanol–water partition coefficient (Wildman–Crippen LogP) is 3.50. The third-order valence-corrected chi connectivity index (χ3v) is 4.26. The van der Waals surface area contributed by atoms with Gasteiger partial charge in [0.15, 0.2) is 11.5 Å². The molecular weight excluding hydrogens is 358 g/mol. The van der Waals surface area contributed by atoms with E-state index in [-0.39, 0.29) is 18.4 Å². The zero-order valence-electron chi connectivity index (χ0n) is 17.2. The molecule has 0 fully saturated rings. The molecule has 2 aromatic rings. The molecule has 0 aliphatic rings. The molecule has 0 aliphatic carbocycles. The lowest BCUT2D eigenvalue weighted by Crippen LogP contribution is -2.25. The highest BCUT2D eigenvalue weighted by Gasteiger charge is 2.15. The lowest BCUT2D eigenvalue weighted by atomic mass is 10.1. The Kier molecular flexibility index (Phi) is 8.14. The predicted molar refractivity (Wildman–Crippen MR) is 108 cm³/mol. The first-order chi connectivity index (χ1) is 13.5. The zero-order chi connectivity index (χ0) is 20.5. The van der Waals surface area contributed by atoms with Gasteiger partial charge in [0.25, 0.3) is 0 Å². The van der Waals surface area contributed by atoms with Crippen molar-refractivity contribution < 1.29 is 23.7 Å². The van der Waals surface area contributed by atoms with Gasteiger partial charge in [0.1, 0.15) is 0 Å². The number of hydrogen-bond acceptors (Lipinski definition) is 5. The Morgan fingerprint density at radius 3 is 2.11 bits per heavy atom. The lowest BCUT2D eigenvalue weighted by molar-refractivity contribution is -0.120. The molecule has 0 saturated carbocycles. The van der Waals surface area contributed by atoms with Crippen molar-refractivity contribution in [3.05, 3.63) is 53.1 Å². The third kappa shape index (κ3) is 5.89. The van der Waals surface area contributed by atoms with E-state index in [9.17, 15) is 4.79 Å². The first-order valence-corrected chi connectivity index (χ1v) is 9.22. The highest BCUT2D eigenvalue weighted by Crippen LogP contribution is 2.38. The molecule has 1 amide bonds. The van der Waals surface area contributed by atoms with Gasteiger partial charge in [-0.25, -0.2) is 0 Å². The van der Waals surface area contributed by atoms with Gasteiger partial charge in [0, 0.05) is 6.54 Å². The molecule has 0 saturated heterocycles. The summed E-state index contributed by atoms with van der Waals surface area (Å²) in [6, 6.07) is 11.5. The van der Waals surface area contributed by atoms with Gasteiger partial charge in [0.05, 0.1) is 40.5 Å². The van der Waals surface area contributed by atoms with Crippen molar-refractivity contribution in [3.8, 4) is 17.2 Å². The van der Waals surface area contributed by atoms with Crippen LogP contribution < -0.4 is 19.5 Å².